The summed E-state index contributed by atoms with van der Waals surface area (Å²) in [7, 11) is 0. The predicted octanol–water partition coefficient (Wildman–Crippen LogP) is 2.03. The Balaban J connectivity index is 1.67. The van der Waals surface area contributed by atoms with Crippen LogP contribution in [0.25, 0.3) is 0 Å². The highest BCUT2D eigenvalue weighted by Gasteiger charge is 2.18. The van der Waals surface area contributed by atoms with Crippen molar-refractivity contribution in [1.82, 2.24) is 5.32 Å². The standard InChI is InChI=1S/C15H18N2O3S/c18-14-5-7-21-13-4-3-10(8-12(13)17-14)15(19)16-9-11-2-1-6-20-11/h3-4,8,11H,1-2,5-7,9H2,(H,16,19)(H,17,18)/t11-/m0/s1. The van der Waals surface area contributed by atoms with Crippen molar-refractivity contribution in [2.75, 3.05) is 24.2 Å². The predicted molar refractivity (Wildman–Crippen MR) is 81.7 cm³/mol. The molecule has 0 bridgehead atoms. The highest BCUT2D eigenvalue weighted by Crippen LogP contribution is 2.31. The Morgan fingerprint density at radius 3 is 3.19 bits per heavy atom. The quantitative estimate of drug-likeness (QED) is 0.896. The average molecular weight is 306 g/mol. The van der Waals surface area contributed by atoms with Crippen molar-refractivity contribution in [3.8, 4) is 0 Å². The maximum atomic E-state index is 12.2. The third kappa shape index (κ3) is 3.57. The first-order valence-corrected chi connectivity index (χ1v) is 8.17. The number of ether oxygens (including phenoxy) is 1. The summed E-state index contributed by atoms with van der Waals surface area (Å²) in [4.78, 5) is 24.8. The van der Waals surface area contributed by atoms with Gasteiger partial charge in [0, 0.05) is 35.8 Å². The number of carbonyl (C=O) groups excluding carboxylic acids is 2. The van der Waals surface area contributed by atoms with Crippen LogP contribution in [0.15, 0.2) is 23.1 Å². The monoisotopic (exact) mass is 306 g/mol. The lowest BCUT2D eigenvalue weighted by Crippen LogP contribution is -2.31. The fourth-order valence-corrected chi connectivity index (χ4v) is 3.41. The van der Waals surface area contributed by atoms with Gasteiger partial charge in [-0.2, -0.15) is 0 Å². The summed E-state index contributed by atoms with van der Waals surface area (Å²) >= 11 is 1.63. The van der Waals surface area contributed by atoms with Crippen LogP contribution < -0.4 is 10.6 Å². The van der Waals surface area contributed by atoms with E-state index >= 15 is 0 Å². The number of rotatable bonds is 3. The minimum absolute atomic E-state index is 0.00170. The second kappa shape index (κ2) is 6.49. The molecular formula is C15H18N2O3S. The molecule has 0 aromatic heterocycles. The van der Waals surface area contributed by atoms with E-state index in [4.69, 9.17) is 4.74 Å². The molecular weight excluding hydrogens is 288 g/mol. The molecule has 5 nitrogen and oxygen atoms in total. The molecule has 112 valence electrons. The van der Waals surface area contributed by atoms with Crippen LogP contribution >= 0.6 is 11.8 Å². The zero-order chi connectivity index (χ0) is 14.7. The lowest BCUT2D eigenvalue weighted by molar-refractivity contribution is -0.115. The Morgan fingerprint density at radius 2 is 2.38 bits per heavy atom. The molecule has 0 unspecified atom stereocenters. The Morgan fingerprint density at radius 1 is 1.48 bits per heavy atom. The molecule has 0 saturated carbocycles. The molecule has 0 aliphatic carbocycles. The van der Waals surface area contributed by atoms with Crippen LogP contribution in [-0.4, -0.2) is 36.8 Å². The molecule has 2 aliphatic heterocycles. The van der Waals surface area contributed by atoms with Gasteiger partial charge >= 0.3 is 0 Å². The van der Waals surface area contributed by atoms with E-state index in [1.807, 2.05) is 6.07 Å². The van der Waals surface area contributed by atoms with Crippen molar-refractivity contribution >= 4 is 29.3 Å². The Kier molecular flexibility index (Phi) is 4.45. The molecule has 1 atom stereocenters. The zero-order valence-corrected chi connectivity index (χ0v) is 12.5. The van der Waals surface area contributed by atoms with Crippen molar-refractivity contribution in [3.63, 3.8) is 0 Å². The smallest absolute Gasteiger partial charge is 0.251 e. The van der Waals surface area contributed by atoms with Crippen LogP contribution in [0, 0.1) is 0 Å². The fourth-order valence-electron chi connectivity index (χ4n) is 2.48. The molecule has 3 rings (SSSR count). The van der Waals surface area contributed by atoms with Gasteiger partial charge in [0.1, 0.15) is 0 Å². The second-order valence-corrected chi connectivity index (χ2v) is 6.34. The van der Waals surface area contributed by atoms with Gasteiger partial charge in [0.05, 0.1) is 11.8 Å². The van der Waals surface area contributed by atoms with E-state index in [0.717, 1.165) is 35.8 Å². The summed E-state index contributed by atoms with van der Waals surface area (Å²) in [5, 5.41) is 5.74. The summed E-state index contributed by atoms with van der Waals surface area (Å²) in [6.07, 6.45) is 2.68. The van der Waals surface area contributed by atoms with Gasteiger partial charge in [-0.05, 0) is 31.0 Å². The van der Waals surface area contributed by atoms with E-state index in [9.17, 15) is 9.59 Å². The first kappa shape index (κ1) is 14.4. The van der Waals surface area contributed by atoms with E-state index in [-0.39, 0.29) is 17.9 Å². The second-order valence-electron chi connectivity index (χ2n) is 5.20. The minimum Gasteiger partial charge on any atom is -0.376 e. The lowest BCUT2D eigenvalue weighted by atomic mass is 10.1. The van der Waals surface area contributed by atoms with Crippen molar-refractivity contribution in [1.29, 1.82) is 0 Å². The molecule has 6 heteroatoms. The molecule has 0 radical (unpaired) electrons. The van der Waals surface area contributed by atoms with Gasteiger partial charge in [-0.3, -0.25) is 9.59 Å². The first-order valence-electron chi connectivity index (χ1n) is 7.19. The lowest BCUT2D eigenvalue weighted by Gasteiger charge is -2.12. The topological polar surface area (TPSA) is 67.4 Å². The number of hydrogen-bond donors (Lipinski definition) is 2. The molecule has 1 fully saturated rings. The van der Waals surface area contributed by atoms with Gasteiger partial charge < -0.3 is 15.4 Å². The van der Waals surface area contributed by atoms with Gasteiger partial charge in [-0.15, -0.1) is 11.8 Å². The van der Waals surface area contributed by atoms with Gasteiger partial charge in [0.25, 0.3) is 5.91 Å². The van der Waals surface area contributed by atoms with E-state index < -0.39 is 0 Å². The Bertz CT molecular complexity index is 556. The molecule has 2 amide bonds. The number of amides is 2. The molecule has 1 aromatic rings. The number of nitrogens with one attached hydrogen (secondary N) is 2. The number of thioether (sulfide) groups is 1. The van der Waals surface area contributed by atoms with Crippen LogP contribution in [0.1, 0.15) is 29.6 Å². The molecule has 1 saturated heterocycles. The van der Waals surface area contributed by atoms with E-state index in [1.54, 1.807) is 23.9 Å². The molecule has 1 aromatic carbocycles. The largest absolute Gasteiger partial charge is 0.376 e. The summed E-state index contributed by atoms with van der Waals surface area (Å²) in [5.74, 6) is 0.638. The third-order valence-corrected chi connectivity index (χ3v) is 4.69. The molecule has 21 heavy (non-hydrogen) atoms. The van der Waals surface area contributed by atoms with Gasteiger partial charge in [0.15, 0.2) is 0 Å². The van der Waals surface area contributed by atoms with Crippen LogP contribution in [0.2, 0.25) is 0 Å². The molecule has 0 spiro atoms. The number of carbonyl (C=O) groups is 2. The van der Waals surface area contributed by atoms with Crippen molar-refractivity contribution in [2.45, 2.75) is 30.3 Å². The van der Waals surface area contributed by atoms with Crippen molar-refractivity contribution in [3.05, 3.63) is 23.8 Å². The summed E-state index contributed by atoms with van der Waals surface area (Å²) < 4.78 is 5.49. The number of hydrogen-bond acceptors (Lipinski definition) is 4. The summed E-state index contributed by atoms with van der Waals surface area (Å²) in [5.41, 5.74) is 1.29. The van der Waals surface area contributed by atoms with Gasteiger partial charge in [-0.25, -0.2) is 0 Å². The van der Waals surface area contributed by atoms with E-state index in [0.29, 0.717) is 18.5 Å². The summed E-state index contributed by atoms with van der Waals surface area (Å²) in [6.45, 7) is 1.32. The molecule has 2 aliphatic rings. The Hall–Kier alpha value is -1.53. The Labute approximate surface area is 127 Å². The SMILES string of the molecule is O=C1CCSc2ccc(C(=O)NC[C@@H]3CCCO3)cc2N1. The first-order chi connectivity index (χ1) is 10.2. The van der Waals surface area contributed by atoms with Crippen LogP contribution in [0.3, 0.4) is 0 Å². The van der Waals surface area contributed by atoms with Crippen molar-refractivity contribution in [2.24, 2.45) is 0 Å². The third-order valence-electron chi connectivity index (χ3n) is 3.62. The van der Waals surface area contributed by atoms with E-state index in [1.165, 1.54) is 0 Å². The number of benzene rings is 1. The number of anilines is 1. The van der Waals surface area contributed by atoms with Crippen LogP contribution in [0.4, 0.5) is 5.69 Å². The fraction of sp³-hybridized carbons (Fsp3) is 0.467. The van der Waals surface area contributed by atoms with Crippen molar-refractivity contribution < 1.29 is 14.3 Å². The van der Waals surface area contributed by atoms with Gasteiger partial charge in [-0.1, -0.05) is 0 Å². The normalized spacial score (nSPS) is 21.3. The van der Waals surface area contributed by atoms with Crippen LogP contribution in [-0.2, 0) is 9.53 Å². The molecule has 2 N–H and O–H groups in total. The zero-order valence-electron chi connectivity index (χ0n) is 11.7. The maximum absolute atomic E-state index is 12.2. The minimum atomic E-state index is -0.128. The number of fused-ring (bicyclic) bond motifs is 1. The van der Waals surface area contributed by atoms with E-state index in [2.05, 4.69) is 10.6 Å². The molecule has 2 heterocycles. The van der Waals surface area contributed by atoms with Crippen LogP contribution in [0.5, 0.6) is 0 Å². The highest BCUT2D eigenvalue weighted by molar-refractivity contribution is 7.99. The average Bonchev–Trinajstić information content (AvgIpc) is 2.92. The van der Waals surface area contributed by atoms with Gasteiger partial charge in [0.2, 0.25) is 5.91 Å². The maximum Gasteiger partial charge on any atom is 0.251 e. The highest BCUT2D eigenvalue weighted by atomic mass is 32.2. The summed E-state index contributed by atoms with van der Waals surface area (Å²) in [6, 6.07) is 5.44.